The number of amides is 2. The van der Waals surface area contributed by atoms with Gasteiger partial charge in [-0.15, -0.1) is 11.3 Å². The molecule has 0 radical (unpaired) electrons. The second kappa shape index (κ2) is 11.0. The van der Waals surface area contributed by atoms with Crippen molar-refractivity contribution in [3.63, 3.8) is 0 Å². The highest BCUT2D eigenvalue weighted by molar-refractivity contribution is 7.17. The van der Waals surface area contributed by atoms with Crippen molar-refractivity contribution in [1.29, 1.82) is 0 Å². The molecule has 0 aliphatic carbocycles. The van der Waals surface area contributed by atoms with Gasteiger partial charge in [0.15, 0.2) is 0 Å². The molecule has 3 rings (SSSR count). The topological polar surface area (TPSA) is 94.2 Å². The number of methoxy groups -OCH3 is 1. The average Bonchev–Trinajstić information content (AvgIpc) is 3.16. The van der Waals surface area contributed by atoms with Gasteiger partial charge in [-0.1, -0.05) is 19.4 Å². The van der Waals surface area contributed by atoms with E-state index >= 15 is 0 Å². The molecule has 0 bridgehead atoms. The van der Waals surface area contributed by atoms with Crippen molar-refractivity contribution in [2.24, 2.45) is 0 Å². The molecule has 32 heavy (non-hydrogen) atoms. The van der Waals surface area contributed by atoms with Gasteiger partial charge in [0.25, 0.3) is 5.91 Å². The minimum Gasteiger partial charge on any atom is -0.494 e. The number of hydrogen-bond acceptors (Lipinski definition) is 7. The van der Waals surface area contributed by atoms with Crippen LogP contribution in [0.3, 0.4) is 0 Å². The minimum absolute atomic E-state index is 0.224. The maximum absolute atomic E-state index is 13.0. The molecule has 1 aromatic carbocycles. The highest BCUT2D eigenvalue weighted by atomic mass is 32.1. The summed E-state index contributed by atoms with van der Waals surface area (Å²) in [5.74, 6) is -0.209. The molecule has 9 heteroatoms. The summed E-state index contributed by atoms with van der Waals surface area (Å²) >= 11 is 1.28. The van der Waals surface area contributed by atoms with Crippen molar-refractivity contribution >= 4 is 34.3 Å². The van der Waals surface area contributed by atoms with Gasteiger partial charge in [0.2, 0.25) is 0 Å². The normalized spacial score (nSPS) is 12.7. The SMILES string of the molecule is CCCCOc1cccc(C(=O)Nc2sc3c(c2C(=O)OCC)CCN(C(=O)OC)C3)c1. The molecule has 0 atom stereocenters. The Hall–Kier alpha value is -3.07. The molecule has 172 valence electrons. The zero-order chi connectivity index (χ0) is 23.1. The molecule has 1 aromatic heterocycles. The van der Waals surface area contributed by atoms with Crippen molar-refractivity contribution in [3.8, 4) is 5.75 Å². The Labute approximate surface area is 191 Å². The molecule has 2 amide bonds. The third-order valence-corrected chi connectivity index (χ3v) is 6.19. The van der Waals surface area contributed by atoms with Crippen molar-refractivity contribution in [2.45, 2.75) is 39.7 Å². The van der Waals surface area contributed by atoms with Crippen LogP contribution in [0, 0.1) is 0 Å². The van der Waals surface area contributed by atoms with E-state index in [4.69, 9.17) is 14.2 Å². The van der Waals surface area contributed by atoms with Crippen LogP contribution >= 0.6 is 11.3 Å². The predicted octanol–water partition coefficient (Wildman–Crippen LogP) is 4.48. The van der Waals surface area contributed by atoms with Gasteiger partial charge in [0.05, 0.1) is 32.4 Å². The lowest BCUT2D eigenvalue weighted by molar-refractivity contribution is 0.0526. The number of nitrogens with zero attached hydrogens (tertiary/aromatic N) is 1. The first-order valence-corrected chi connectivity index (χ1v) is 11.5. The maximum atomic E-state index is 13.0. The van der Waals surface area contributed by atoms with Gasteiger partial charge >= 0.3 is 12.1 Å². The van der Waals surface area contributed by atoms with Crippen LogP contribution in [0.25, 0.3) is 0 Å². The Balaban J connectivity index is 1.85. The Morgan fingerprint density at radius 1 is 1.22 bits per heavy atom. The van der Waals surface area contributed by atoms with Gasteiger partial charge in [-0.3, -0.25) is 4.79 Å². The number of fused-ring (bicyclic) bond motifs is 1. The lowest BCUT2D eigenvalue weighted by Crippen LogP contribution is -2.35. The first-order valence-electron chi connectivity index (χ1n) is 10.7. The highest BCUT2D eigenvalue weighted by Crippen LogP contribution is 2.38. The van der Waals surface area contributed by atoms with E-state index in [0.29, 0.717) is 48.0 Å². The summed E-state index contributed by atoms with van der Waals surface area (Å²) < 4.78 is 15.7. The van der Waals surface area contributed by atoms with Crippen molar-refractivity contribution in [2.75, 3.05) is 32.2 Å². The van der Waals surface area contributed by atoms with Gasteiger partial charge in [-0.05, 0) is 43.5 Å². The van der Waals surface area contributed by atoms with Crippen LogP contribution in [-0.2, 0) is 22.4 Å². The lowest BCUT2D eigenvalue weighted by atomic mass is 10.0. The summed E-state index contributed by atoms with van der Waals surface area (Å²) in [6.07, 6.45) is 2.01. The number of carbonyl (C=O) groups is 3. The van der Waals surface area contributed by atoms with Crippen LogP contribution < -0.4 is 10.1 Å². The first kappa shape index (κ1) is 23.6. The third-order valence-electron chi connectivity index (χ3n) is 5.06. The van der Waals surface area contributed by atoms with E-state index in [2.05, 4.69) is 12.2 Å². The van der Waals surface area contributed by atoms with Gasteiger partial charge in [-0.2, -0.15) is 0 Å². The van der Waals surface area contributed by atoms with Gasteiger partial charge in [-0.25, -0.2) is 9.59 Å². The lowest BCUT2D eigenvalue weighted by Gasteiger charge is -2.25. The van der Waals surface area contributed by atoms with Crippen molar-refractivity contribution in [3.05, 3.63) is 45.8 Å². The van der Waals surface area contributed by atoms with Crippen LogP contribution in [0.1, 0.15) is 57.8 Å². The number of rotatable bonds is 8. The predicted molar refractivity (Wildman–Crippen MR) is 122 cm³/mol. The first-order chi connectivity index (χ1) is 15.5. The summed E-state index contributed by atoms with van der Waals surface area (Å²) in [4.78, 5) is 40.0. The van der Waals surface area contributed by atoms with E-state index in [-0.39, 0.29) is 12.5 Å². The zero-order valence-corrected chi connectivity index (χ0v) is 19.4. The number of benzene rings is 1. The molecule has 0 saturated heterocycles. The number of nitrogens with one attached hydrogen (secondary N) is 1. The number of anilines is 1. The largest absolute Gasteiger partial charge is 0.494 e. The Kier molecular flexibility index (Phi) is 8.10. The summed E-state index contributed by atoms with van der Waals surface area (Å²) in [7, 11) is 1.34. The Bertz CT molecular complexity index is 987. The van der Waals surface area contributed by atoms with Gasteiger partial charge in [0.1, 0.15) is 10.8 Å². The standard InChI is InChI=1S/C23H28N2O6S/c1-4-6-12-31-16-9-7-8-15(13-16)20(26)24-21-19(22(27)30-5-2)17-10-11-25(23(28)29-3)14-18(17)32-21/h7-9,13H,4-6,10-12,14H2,1-3H3,(H,24,26). The van der Waals surface area contributed by atoms with Crippen molar-refractivity contribution in [1.82, 2.24) is 4.90 Å². The fourth-order valence-corrected chi connectivity index (χ4v) is 4.68. The third kappa shape index (κ3) is 5.40. The summed E-state index contributed by atoms with van der Waals surface area (Å²) in [6.45, 7) is 5.37. The van der Waals surface area contributed by atoms with E-state index < -0.39 is 12.1 Å². The fraction of sp³-hybridized carbons (Fsp3) is 0.435. The molecule has 1 N–H and O–H groups in total. The van der Waals surface area contributed by atoms with Crippen LogP contribution in [-0.4, -0.2) is 49.7 Å². The Morgan fingerprint density at radius 3 is 2.75 bits per heavy atom. The second-order valence-electron chi connectivity index (χ2n) is 7.25. The maximum Gasteiger partial charge on any atom is 0.409 e. The number of esters is 1. The number of unbranched alkanes of at least 4 members (excludes halogenated alkanes) is 1. The van der Waals surface area contributed by atoms with E-state index in [1.807, 2.05) is 6.07 Å². The molecule has 0 spiro atoms. The average molecular weight is 461 g/mol. The van der Waals surface area contributed by atoms with E-state index in [1.54, 1.807) is 30.0 Å². The number of hydrogen-bond donors (Lipinski definition) is 1. The molecule has 2 aromatic rings. The van der Waals surface area contributed by atoms with Crippen LogP contribution in [0.4, 0.5) is 9.80 Å². The second-order valence-corrected chi connectivity index (χ2v) is 8.36. The summed E-state index contributed by atoms with van der Waals surface area (Å²) in [5, 5.41) is 3.28. The summed E-state index contributed by atoms with van der Waals surface area (Å²) in [6, 6.07) is 6.94. The van der Waals surface area contributed by atoms with Gasteiger partial charge < -0.3 is 24.4 Å². The monoisotopic (exact) mass is 460 g/mol. The van der Waals surface area contributed by atoms with E-state index in [9.17, 15) is 14.4 Å². The zero-order valence-electron chi connectivity index (χ0n) is 18.6. The minimum atomic E-state index is -0.483. The molecule has 2 heterocycles. The number of carbonyl (C=O) groups excluding carboxylic acids is 3. The molecule has 0 saturated carbocycles. The molecule has 1 aliphatic rings. The Morgan fingerprint density at radius 2 is 2.03 bits per heavy atom. The molecular formula is C23H28N2O6S. The highest BCUT2D eigenvalue weighted by Gasteiger charge is 2.31. The molecule has 8 nitrogen and oxygen atoms in total. The quantitative estimate of drug-likeness (QED) is 0.461. The van der Waals surface area contributed by atoms with Crippen LogP contribution in [0.15, 0.2) is 24.3 Å². The smallest absolute Gasteiger partial charge is 0.409 e. The number of thiophene rings is 1. The summed E-state index contributed by atoms with van der Waals surface area (Å²) in [5.41, 5.74) is 1.59. The van der Waals surface area contributed by atoms with Gasteiger partial charge in [0, 0.05) is 17.0 Å². The van der Waals surface area contributed by atoms with E-state index in [1.165, 1.54) is 18.4 Å². The van der Waals surface area contributed by atoms with E-state index in [0.717, 1.165) is 23.3 Å². The molecular weight excluding hydrogens is 432 g/mol. The van der Waals surface area contributed by atoms with Crippen LogP contribution in [0.2, 0.25) is 0 Å². The molecule has 0 unspecified atom stereocenters. The molecule has 0 fully saturated rings. The number of ether oxygens (including phenoxy) is 3. The fourth-order valence-electron chi connectivity index (χ4n) is 3.43. The van der Waals surface area contributed by atoms with Crippen LogP contribution in [0.5, 0.6) is 5.75 Å². The molecule has 1 aliphatic heterocycles. The van der Waals surface area contributed by atoms with Crippen molar-refractivity contribution < 1.29 is 28.6 Å².